The summed E-state index contributed by atoms with van der Waals surface area (Å²) in [7, 11) is 1.54. The number of nitrogens with two attached hydrogens (primary N) is 1. The minimum atomic E-state index is -0.0984. The highest BCUT2D eigenvalue weighted by molar-refractivity contribution is 5.75. The maximum absolute atomic E-state index is 11.6. The smallest absolute Gasteiger partial charge is 0.252 e. The van der Waals surface area contributed by atoms with Gasteiger partial charge < -0.3 is 10.5 Å². The van der Waals surface area contributed by atoms with Crippen LogP contribution in [-0.4, -0.2) is 23.2 Å². The van der Waals surface area contributed by atoms with Crippen molar-refractivity contribution < 1.29 is 4.74 Å². The van der Waals surface area contributed by atoms with E-state index in [1.54, 1.807) is 23.8 Å². The van der Waals surface area contributed by atoms with Gasteiger partial charge in [0, 0.05) is 30.6 Å². The van der Waals surface area contributed by atoms with E-state index in [2.05, 4.69) is 4.98 Å². The Morgan fingerprint density at radius 3 is 2.81 bits per heavy atom. The van der Waals surface area contributed by atoms with E-state index >= 15 is 0 Å². The molecule has 0 aromatic carbocycles. The summed E-state index contributed by atoms with van der Waals surface area (Å²) in [6.07, 6.45) is 0. The van der Waals surface area contributed by atoms with Crippen molar-refractivity contribution in [3.8, 4) is 5.88 Å². The first-order valence-corrected chi connectivity index (χ1v) is 5.01. The number of fused-ring (bicyclic) bond motifs is 1. The molecule has 0 atom stereocenters. The molecule has 5 nitrogen and oxygen atoms in total. The van der Waals surface area contributed by atoms with E-state index in [-0.39, 0.29) is 5.56 Å². The van der Waals surface area contributed by atoms with Crippen LogP contribution in [0.3, 0.4) is 0 Å². The Morgan fingerprint density at radius 2 is 2.12 bits per heavy atom. The molecule has 0 amide bonds. The number of methoxy groups -OCH3 is 1. The van der Waals surface area contributed by atoms with Crippen LogP contribution in [-0.2, 0) is 6.54 Å². The maximum Gasteiger partial charge on any atom is 0.252 e. The van der Waals surface area contributed by atoms with Gasteiger partial charge >= 0.3 is 0 Å². The Kier molecular flexibility index (Phi) is 2.87. The minimum Gasteiger partial charge on any atom is -0.481 e. The van der Waals surface area contributed by atoms with Crippen LogP contribution < -0.4 is 16.0 Å². The van der Waals surface area contributed by atoms with Crippen LogP contribution in [0.1, 0.15) is 0 Å². The lowest BCUT2D eigenvalue weighted by Gasteiger charge is -2.08. The van der Waals surface area contributed by atoms with Crippen molar-refractivity contribution in [2.24, 2.45) is 5.73 Å². The van der Waals surface area contributed by atoms with E-state index in [1.165, 1.54) is 6.07 Å². The number of hydrogen-bond donors (Lipinski definition) is 1. The highest BCUT2D eigenvalue weighted by Gasteiger charge is 2.04. The van der Waals surface area contributed by atoms with Crippen molar-refractivity contribution in [3.05, 3.63) is 34.6 Å². The van der Waals surface area contributed by atoms with Crippen LogP contribution in [0.15, 0.2) is 29.1 Å². The van der Waals surface area contributed by atoms with Gasteiger partial charge in [-0.1, -0.05) is 0 Å². The molecule has 16 heavy (non-hydrogen) atoms. The molecule has 0 aliphatic heterocycles. The van der Waals surface area contributed by atoms with E-state index in [0.717, 1.165) is 5.39 Å². The molecular weight excluding hydrogens is 206 g/mol. The van der Waals surface area contributed by atoms with Crippen molar-refractivity contribution in [2.75, 3.05) is 13.7 Å². The zero-order chi connectivity index (χ0) is 11.5. The summed E-state index contributed by atoms with van der Waals surface area (Å²) in [5, 5.41) is 0.897. The second-order valence-electron chi connectivity index (χ2n) is 3.38. The summed E-state index contributed by atoms with van der Waals surface area (Å²) in [4.78, 5) is 15.9. The molecule has 0 aliphatic rings. The molecule has 0 saturated heterocycles. The van der Waals surface area contributed by atoms with Gasteiger partial charge in [0.05, 0.1) is 7.11 Å². The molecule has 0 fully saturated rings. The fourth-order valence-corrected chi connectivity index (χ4v) is 1.60. The van der Waals surface area contributed by atoms with Gasteiger partial charge in [-0.25, -0.2) is 0 Å². The van der Waals surface area contributed by atoms with E-state index in [1.807, 2.05) is 6.07 Å². The quantitative estimate of drug-likeness (QED) is 0.809. The van der Waals surface area contributed by atoms with Gasteiger partial charge in [-0.15, -0.1) is 0 Å². The largest absolute Gasteiger partial charge is 0.481 e. The SMILES string of the molecule is COc1ccc2ccc(=O)n(CCN)c2n1. The molecule has 0 unspecified atom stereocenters. The number of pyridine rings is 2. The van der Waals surface area contributed by atoms with E-state index < -0.39 is 0 Å². The minimum absolute atomic E-state index is 0.0984. The van der Waals surface area contributed by atoms with E-state index in [4.69, 9.17) is 10.5 Å². The van der Waals surface area contributed by atoms with Crippen LogP contribution in [0.2, 0.25) is 0 Å². The third-order valence-corrected chi connectivity index (χ3v) is 2.37. The molecule has 2 aromatic rings. The van der Waals surface area contributed by atoms with Gasteiger partial charge in [0.25, 0.3) is 5.56 Å². The molecule has 0 bridgehead atoms. The number of nitrogens with zero attached hydrogens (tertiary/aromatic N) is 2. The zero-order valence-electron chi connectivity index (χ0n) is 9.01. The molecule has 2 heterocycles. The first-order chi connectivity index (χ1) is 7.76. The van der Waals surface area contributed by atoms with Gasteiger partial charge in [0.1, 0.15) is 5.65 Å². The summed E-state index contributed by atoms with van der Waals surface area (Å²) < 4.78 is 6.59. The summed E-state index contributed by atoms with van der Waals surface area (Å²) in [6.45, 7) is 0.855. The Morgan fingerprint density at radius 1 is 1.38 bits per heavy atom. The summed E-state index contributed by atoms with van der Waals surface area (Å²) in [5.74, 6) is 0.490. The molecule has 0 aliphatic carbocycles. The van der Waals surface area contributed by atoms with Crippen LogP contribution in [0, 0.1) is 0 Å². The lowest BCUT2D eigenvalue weighted by Crippen LogP contribution is -2.24. The first-order valence-electron chi connectivity index (χ1n) is 5.01. The van der Waals surface area contributed by atoms with Crippen LogP contribution in [0.5, 0.6) is 5.88 Å². The zero-order valence-corrected chi connectivity index (χ0v) is 9.01. The van der Waals surface area contributed by atoms with Crippen molar-refractivity contribution >= 4 is 11.0 Å². The van der Waals surface area contributed by atoms with Gasteiger partial charge in [-0.2, -0.15) is 4.98 Å². The molecule has 5 heteroatoms. The molecule has 2 aromatic heterocycles. The number of hydrogen-bond acceptors (Lipinski definition) is 4. The van der Waals surface area contributed by atoms with Crippen molar-refractivity contribution in [1.82, 2.24) is 9.55 Å². The Bertz CT molecular complexity index is 563. The van der Waals surface area contributed by atoms with E-state index in [0.29, 0.717) is 24.6 Å². The van der Waals surface area contributed by atoms with Crippen molar-refractivity contribution in [1.29, 1.82) is 0 Å². The summed E-state index contributed by atoms with van der Waals surface area (Å²) in [6, 6.07) is 6.90. The lowest BCUT2D eigenvalue weighted by atomic mass is 10.3. The van der Waals surface area contributed by atoms with Gasteiger partial charge in [-0.3, -0.25) is 9.36 Å². The number of aromatic nitrogens is 2. The van der Waals surface area contributed by atoms with Crippen LogP contribution in [0.25, 0.3) is 11.0 Å². The van der Waals surface area contributed by atoms with Gasteiger partial charge in [-0.05, 0) is 12.1 Å². The Hall–Kier alpha value is -1.88. The fourth-order valence-electron chi connectivity index (χ4n) is 1.60. The Labute approximate surface area is 92.5 Å². The molecule has 84 valence electrons. The predicted octanol–water partition coefficient (Wildman–Crippen LogP) is 0.364. The van der Waals surface area contributed by atoms with E-state index in [9.17, 15) is 4.79 Å². The Balaban J connectivity index is 2.72. The average molecular weight is 219 g/mol. The first kappa shape index (κ1) is 10.6. The van der Waals surface area contributed by atoms with Crippen molar-refractivity contribution in [3.63, 3.8) is 0 Å². The second kappa shape index (κ2) is 4.32. The number of ether oxygens (including phenoxy) is 1. The standard InChI is InChI=1S/C11H13N3O2/c1-16-9-4-2-8-3-5-10(15)14(7-6-12)11(8)13-9/h2-5H,6-7,12H2,1H3. The lowest BCUT2D eigenvalue weighted by molar-refractivity contribution is 0.398. The van der Waals surface area contributed by atoms with Crippen LogP contribution >= 0.6 is 0 Å². The maximum atomic E-state index is 11.6. The highest BCUT2D eigenvalue weighted by Crippen LogP contribution is 2.14. The summed E-state index contributed by atoms with van der Waals surface area (Å²) in [5.41, 5.74) is 5.98. The highest BCUT2D eigenvalue weighted by atomic mass is 16.5. The molecular formula is C11H13N3O2. The molecule has 0 radical (unpaired) electrons. The average Bonchev–Trinajstić information content (AvgIpc) is 2.32. The molecule has 0 saturated carbocycles. The normalized spacial score (nSPS) is 10.6. The molecule has 0 spiro atoms. The molecule has 2 N–H and O–H groups in total. The van der Waals surface area contributed by atoms with Gasteiger partial charge in [0.2, 0.25) is 5.88 Å². The fraction of sp³-hybridized carbons (Fsp3) is 0.273. The summed E-state index contributed by atoms with van der Waals surface area (Å²) >= 11 is 0. The number of rotatable bonds is 3. The third-order valence-electron chi connectivity index (χ3n) is 2.37. The van der Waals surface area contributed by atoms with Gasteiger partial charge in [0.15, 0.2) is 0 Å². The second-order valence-corrected chi connectivity index (χ2v) is 3.38. The topological polar surface area (TPSA) is 70.1 Å². The monoisotopic (exact) mass is 219 g/mol. The van der Waals surface area contributed by atoms with Crippen molar-refractivity contribution in [2.45, 2.75) is 6.54 Å². The van der Waals surface area contributed by atoms with Crippen LogP contribution in [0.4, 0.5) is 0 Å². The third kappa shape index (κ3) is 1.77. The molecule has 2 rings (SSSR count). The predicted molar refractivity (Wildman–Crippen MR) is 61.6 cm³/mol.